The van der Waals surface area contributed by atoms with E-state index in [4.69, 9.17) is 15.9 Å². The van der Waals surface area contributed by atoms with Crippen molar-refractivity contribution in [2.75, 3.05) is 78.5 Å². The Morgan fingerprint density at radius 1 is 0.560 bits per heavy atom. The molecule has 3 rings (SSSR count). The Bertz CT molecular complexity index is 2230. The number of aliphatic carboxylic acids is 6. The fourth-order valence-electron chi connectivity index (χ4n) is 8.75. The van der Waals surface area contributed by atoms with Crippen LogP contribution >= 0.6 is 0 Å². The quantitative estimate of drug-likeness (QED) is 0.0406. The van der Waals surface area contributed by atoms with Gasteiger partial charge < -0.3 is 63.0 Å². The molecular formula is C50H75N9O16. The van der Waals surface area contributed by atoms with Crippen molar-refractivity contribution in [3.8, 4) is 0 Å². The Balaban J connectivity index is 1.52. The minimum Gasteiger partial charge on any atom is -0.481 e. The van der Waals surface area contributed by atoms with Gasteiger partial charge in [0.05, 0.1) is 19.6 Å². The van der Waals surface area contributed by atoms with Gasteiger partial charge in [-0.2, -0.15) is 0 Å². The number of carbonyl (C=O) groups is 10. The molecule has 0 saturated heterocycles. The number of unbranched alkanes of at least 4 members (excludes halogenated alkanes) is 2. The number of benzene rings is 2. The van der Waals surface area contributed by atoms with Crippen molar-refractivity contribution in [2.24, 2.45) is 17.6 Å². The molecule has 1 aliphatic rings. The number of nitrogens with zero attached hydrogens (tertiary/aromatic N) is 3. The van der Waals surface area contributed by atoms with Crippen LogP contribution in [-0.2, 0) is 49.6 Å². The van der Waals surface area contributed by atoms with Crippen molar-refractivity contribution in [3.05, 3.63) is 48.0 Å². The fourth-order valence-corrected chi connectivity index (χ4v) is 8.75. The van der Waals surface area contributed by atoms with Crippen LogP contribution in [0.5, 0.6) is 0 Å². The van der Waals surface area contributed by atoms with Crippen LogP contribution < -0.4 is 32.3 Å². The molecule has 416 valence electrons. The lowest BCUT2D eigenvalue weighted by Gasteiger charge is -2.30. The summed E-state index contributed by atoms with van der Waals surface area (Å²) >= 11 is 0. The first-order valence-corrected chi connectivity index (χ1v) is 25.3. The molecule has 0 heterocycles. The Morgan fingerprint density at radius 3 is 1.71 bits per heavy atom. The van der Waals surface area contributed by atoms with Crippen LogP contribution in [0.15, 0.2) is 42.5 Å². The minimum absolute atomic E-state index is 0.000622. The van der Waals surface area contributed by atoms with E-state index >= 15 is 0 Å². The van der Waals surface area contributed by atoms with E-state index < -0.39 is 84.6 Å². The smallest absolute Gasteiger partial charge is 0.326 e. The van der Waals surface area contributed by atoms with Crippen molar-refractivity contribution >= 4 is 70.3 Å². The van der Waals surface area contributed by atoms with Gasteiger partial charge in [-0.3, -0.25) is 48.3 Å². The SMILES string of the molecule is NCCN(CCN(CCN(CCCCC(=O)O)CC(=O)O)CC(=O)O)CC(=O)NCC1CCC(C(=O)NC(Cc2ccc3ccccc3c2)C(=O)NCCCC[C@H](NC(=O)N[C@@H](CCC(=O)O)C(=O)O)C(=O)O)CC1. The molecule has 1 unspecified atom stereocenters. The lowest BCUT2D eigenvalue weighted by Crippen LogP contribution is -2.51. The third-order valence-corrected chi connectivity index (χ3v) is 12.9. The van der Waals surface area contributed by atoms with Crippen LogP contribution in [0.2, 0.25) is 0 Å². The van der Waals surface area contributed by atoms with E-state index in [1.807, 2.05) is 47.4 Å². The van der Waals surface area contributed by atoms with Crippen LogP contribution in [0.1, 0.15) is 82.6 Å². The van der Waals surface area contributed by atoms with Crippen molar-refractivity contribution < 1.29 is 78.6 Å². The molecule has 1 saturated carbocycles. The number of urea groups is 1. The Hall–Kier alpha value is -6.96. The first-order valence-electron chi connectivity index (χ1n) is 25.3. The Kier molecular flexibility index (Phi) is 28.1. The first kappa shape index (κ1) is 62.3. The minimum atomic E-state index is -1.55. The number of nitrogens with two attached hydrogens (primary N) is 1. The Labute approximate surface area is 434 Å². The molecule has 75 heavy (non-hydrogen) atoms. The second-order valence-electron chi connectivity index (χ2n) is 18.8. The Morgan fingerprint density at radius 2 is 1.13 bits per heavy atom. The number of rotatable bonds is 38. The summed E-state index contributed by atoms with van der Waals surface area (Å²) in [6, 6.07) is 8.46. The lowest BCUT2D eigenvalue weighted by molar-refractivity contribution is -0.141. The molecule has 0 aromatic heterocycles. The molecule has 0 spiro atoms. The molecule has 0 radical (unpaired) electrons. The molecule has 5 amide bonds. The van der Waals surface area contributed by atoms with Gasteiger partial charge in [-0.15, -0.1) is 0 Å². The van der Waals surface area contributed by atoms with Crippen LogP contribution in [0.3, 0.4) is 0 Å². The maximum atomic E-state index is 13.8. The van der Waals surface area contributed by atoms with Crippen LogP contribution in [0.4, 0.5) is 4.79 Å². The summed E-state index contributed by atoms with van der Waals surface area (Å²) in [5.41, 5.74) is 6.66. The maximum absolute atomic E-state index is 13.8. The average Bonchev–Trinajstić information content (AvgIpc) is 3.35. The van der Waals surface area contributed by atoms with Crippen molar-refractivity contribution in [3.63, 3.8) is 0 Å². The molecular weight excluding hydrogens is 983 g/mol. The van der Waals surface area contributed by atoms with Crippen LogP contribution in [0, 0.1) is 11.8 Å². The lowest BCUT2D eigenvalue weighted by atomic mass is 9.81. The van der Waals surface area contributed by atoms with Gasteiger partial charge in [0.2, 0.25) is 17.7 Å². The van der Waals surface area contributed by atoms with E-state index in [1.165, 1.54) is 0 Å². The van der Waals surface area contributed by atoms with Gasteiger partial charge in [0.1, 0.15) is 18.1 Å². The van der Waals surface area contributed by atoms with E-state index in [1.54, 1.807) is 9.80 Å². The summed E-state index contributed by atoms with van der Waals surface area (Å²) in [5.74, 6) is -8.53. The van der Waals surface area contributed by atoms with E-state index in [0.717, 1.165) is 16.3 Å². The number of carboxylic acid groups (broad SMARTS) is 6. The highest BCUT2D eigenvalue weighted by molar-refractivity contribution is 5.90. The van der Waals surface area contributed by atoms with E-state index in [-0.39, 0.29) is 95.8 Å². The monoisotopic (exact) mass is 1060 g/mol. The zero-order valence-corrected chi connectivity index (χ0v) is 42.3. The van der Waals surface area contributed by atoms with Crippen molar-refractivity contribution in [1.82, 2.24) is 41.3 Å². The molecule has 25 nitrogen and oxygen atoms in total. The van der Waals surface area contributed by atoms with Gasteiger partial charge in [0.15, 0.2) is 0 Å². The number of amides is 5. The van der Waals surface area contributed by atoms with Gasteiger partial charge in [0.25, 0.3) is 0 Å². The third-order valence-electron chi connectivity index (χ3n) is 12.9. The maximum Gasteiger partial charge on any atom is 0.326 e. The number of carbonyl (C=O) groups excluding carboxylic acids is 4. The molecule has 0 bridgehead atoms. The fraction of sp³-hybridized carbons (Fsp3) is 0.600. The molecule has 2 aromatic rings. The van der Waals surface area contributed by atoms with E-state index in [9.17, 15) is 68.4 Å². The zero-order valence-electron chi connectivity index (χ0n) is 42.3. The highest BCUT2D eigenvalue weighted by Crippen LogP contribution is 2.29. The van der Waals surface area contributed by atoms with Crippen LogP contribution in [-0.4, -0.2) is 202 Å². The normalized spacial score (nSPS) is 15.6. The average molecular weight is 1060 g/mol. The van der Waals surface area contributed by atoms with Crippen LogP contribution in [0.25, 0.3) is 10.8 Å². The molecule has 25 heteroatoms. The largest absolute Gasteiger partial charge is 0.481 e. The molecule has 2 aromatic carbocycles. The topological polar surface area (TPSA) is 388 Å². The second-order valence-corrected chi connectivity index (χ2v) is 18.8. The van der Waals surface area contributed by atoms with Gasteiger partial charge in [-0.1, -0.05) is 42.5 Å². The molecule has 1 fully saturated rings. The first-order chi connectivity index (χ1) is 35.7. The van der Waals surface area contributed by atoms with Gasteiger partial charge in [-0.05, 0) is 93.0 Å². The highest BCUT2D eigenvalue weighted by atomic mass is 16.4. The predicted molar refractivity (Wildman–Crippen MR) is 271 cm³/mol. The van der Waals surface area contributed by atoms with Gasteiger partial charge >= 0.3 is 41.8 Å². The second kappa shape index (κ2) is 33.8. The predicted octanol–water partition coefficient (Wildman–Crippen LogP) is 0.435. The molecule has 0 aliphatic heterocycles. The van der Waals surface area contributed by atoms with Gasteiger partial charge in [0, 0.05) is 77.5 Å². The summed E-state index contributed by atoms with van der Waals surface area (Å²) in [4.78, 5) is 126. The summed E-state index contributed by atoms with van der Waals surface area (Å²) in [6.45, 7) is 1.84. The molecule has 3 atom stereocenters. The van der Waals surface area contributed by atoms with Gasteiger partial charge in [-0.25, -0.2) is 14.4 Å². The van der Waals surface area contributed by atoms with E-state index in [2.05, 4.69) is 26.6 Å². The molecule has 13 N–H and O–H groups in total. The number of hydrogen-bond acceptors (Lipinski definition) is 14. The van der Waals surface area contributed by atoms with Crippen molar-refractivity contribution in [2.45, 2.75) is 102 Å². The summed E-state index contributed by atoms with van der Waals surface area (Å²) in [6.07, 6.45) is 2.77. The van der Waals surface area contributed by atoms with E-state index in [0.29, 0.717) is 71.1 Å². The number of hydrogen-bond donors (Lipinski definition) is 12. The third kappa shape index (κ3) is 25.7. The summed E-state index contributed by atoms with van der Waals surface area (Å²) < 4.78 is 0. The standard InChI is InChI=1S/C50H75N9O16/c51-19-22-58(24-26-59(32-45(67)68)25-23-57(31-44(65)66)21-6-4-10-42(61)62)30-41(60)53-29-33-11-15-36(16-12-33)46(69)54-40(28-34-13-14-35-7-1-2-8-37(35)27-34)47(70)52-20-5-3-9-38(48(71)72)55-50(75)56-39(49(73)74)17-18-43(63)64/h1-2,7-8,13-14,27,33,36,38-40H,3-6,9-12,15-26,28-32,51H2,(H,52,70)(H,53,60)(H,54,69)(H,61,62)(H,63,64)(H,65,66)(H,67,68)(H,71,72)(H,73,74)(H2,55,56,75)/t33?,36?,38-,39-,40?/m0/s1. The summed E-state index contributed by atoms with van der Waals surface area (Å²) in [5, 5.41) is 70.7. The zero-order chi connectivity index (χ0) is 55.3. The highest BCUT2D eigenvalue weighted by Gasteiger charge is 2.31. The number of fused-ring (bicyclic) bond motifs is 1. The number of nitrogens with one attached hydrogen (secondary N) is 5. The van der Waals surface area contributed by atoms with Crippen molar-refractivity contribution in [1.29, 1.82) is 0 Å². The number of carboxylic acids is 6. The molecule has 1 aliphatic carbocycles. The summed E-state index contributed by atoms with van der Waals surface area (Å²) in [7, 11) is 0.